The number of nitrogens with one attached hydrogen (secondary N) is 1. The summed E-state index contributed by atoms with van der Waals surface area (Å²) in [7, 11) is 0. The Bertz CT molecular complexity index is 538. The highest BCUT2D eigenvalue weighted by molar-refractivity contribution is 8.06. The molecule has 0 aliphatic carbocycles. The second-order valence-corrected chi connectivity index (χ2v) is 7.29. The fourth-order valence-corrected chi connectivity index (χ4v) is 4.91. The Kier molecular flexibility index (Phi) is 4.64. The molecule has 0 spiro atoms. The minimum Gasteiger partial charge on any atom is -0.312 e. The minimum absolute atomic E-state index is 0.779. The molecule has 1 aliphatic heterocycles. The normalized spacial score (nSPS) is 19.7. The lowest BCUT2D eigenvalue weighted by Gasteiger charge is -2.21. The van der Waals surface area contributed by atoms with Gasteiger partial charge in [-0.15, -0.1) is 0 Å². The van der Waals surface area contributed by atoms with Gasteiger partial charge in [0, 0.05) is 47.2 Å². The van der Waals surface area contributed by atoms with Crippen molar-refractivity contribution in [3.05, 3.63) is 42.1 Å². The van der Waals surface area contributed by atoms with E-state index in [0.717, 1.165) is 23.9 Å². The Balaban J connectivity index is 1.56. The largest absolute Gasteiger partial charge is 0.312 e. The van der Waals surface area contributed by atoms with Crippen molar-refractivity contribution in [3.63, 3.8) is 0 Å². The quantitative estimate of drug-likeness (QED) is 0.935. The molecule has 3 rings (SSSR count). The summed E-state index contributed by atoms with van der Waals surface area (Å²) < 4.78 is 0. The molecule has 1 saturated heterocycles. The van der Waals surface area contributed by atoms with Crippen LogP contribution in [0.15, 0.2) is 36.5 Å². The van der Waals surface area contributed by atoms with E-state index in [1.807, 2.05) is 12.3 Å². The first-order valence-electron chi connectivity index (χ1n) is 6.65. The highest BCUT2D eigenvalue weighted by Gasteiger charge is 2.13. The van der Waals surface area contributed by atoms with Gasteiger partial charge in [0.25, 0.3) is 0 Å². The summed E-state index contributed by atoms with van der Waals surface area (Å²) in [6.45, 7) is 2.06. The first-order valence-corrected chi connectivity index (χ1v) is 8.86. The maximum absolute atomic E-state index is 4.35. The van der Waals surface area contributed by atoms with Gasteiger partial charge in [0.1, 0.15) is 0 Å². The Morgan fingerprint density at radius 3 is 3.16 bits per heavy atom. The lowest BCUT2D eigenvalue weighted by atomic mass is 10.1. The topological polar surface area (TPSA) is 24.9 Å². The van der Waals surface area contributed by atoms with Crippen molar-refractivity contribution >= 4 is 34.4 Å². The van der Waals surface area contributed by atoms with Crippen LogP contribution in [-0.4, -0.2) is 34.0 Å². The van der Waals surface area contributed by atoms with Gasteiger partial charge in [-0.1, -0.05) is 12.1 Å². The van der Waals surface area contributed by atoms with Gasteiger partial charge in [0.2, 0.25) is 0 Å². The second kappa shape index (κ2) is 6.64. The molecule has 1 aromatic heterocycles. The van der Waals surface area contributed by atoms with E-state index in [1.54, 1.807) is 0 Å². The molecule has 1 aromatic carbocycles. The second-order valence-electron chi connectivity index (χ2n) is 4.73. The molecule has 2 nitrogen and oxygen atoms in total. The smallest absolute Gasteiger partial charge is 0.0702 e. The fourth-order valence-electron chi connectivity index (χ4n) is 2.27. The maximum Gasteiger partial charge on any atom is 0.0702 e. The molecule has 2 aromatic rings. The predicted octanol–water partition coefficient (Wildman–Crippen LogP) is 3.17. The summed E-state index contributed by atoms with van der Waals surface area (Å²) in [4.78, 5) is 4.35. The monoisotopic (exact) mass is 290 g/mol. The van der Waals surface area contributed by atoms with Crippen LogP contribution in [0.1, 0.15) is 5.56 Å². The molecular weight excluding hydrogens is 272 g/mol. The van der Waals surface area contributed by atoms with E-state index in [0.29, 0.717) is 0 Å². The fraction of sp³-hybridized carbons (Fsp3) is 0.400. The molecule has 100 valence electrons. The van der Waals surface area contributed by atoms with Gasteiger partial charge in [0.05, 0.1) is 5.52 Å². The Labute approximate surface area is 122 Å². The van der Waals surface area contributed by atoms with Crippen molar-refractivity contribution in [1.82, 2.24) is 10.3 Å². The molecule has 0 bridgehead atoms. The van der Waals surface area contributed by atoms with Gasteiger partial charge in [-0.05, 0) is 23.8 Å². The number of rotatable bonds is 4. The lowest BCUT2D eigenvalue weighted by molar-refractivity contribution is 0.687. The van der Waals surface area contributed by atoms with Crippen LogP contribution in [0.4, 0.5) is 0 Å². The van der Waals surface area contributed by atoms with E-state index in [4.69, 9.17) is 0 Å². The Hall–Kier alpha value is -0.710. The molecule has 2 heterocycles. The van der Waals surface area contributed by atoms with Crippen LogP contribution < -0.4 is 5.32 Å². The lowest BCUT2D eigenvalue weighted by Crippen LogP contribution is -2.28. The zero-order chi connectivity index (χ0) is 12.9. The number of benzene rings is 1. The highest BCUT2D eigenvalue weighted by atomic mass is 32.2. The van der Waals surface area contributed by atoms with Crippen molar-refractivity contribution in [1.29, 1.82) is 0 Å². The summed E-state index contributed by atoms with van der Waals surface area (Å²) in [5, 5.41) is 5.59. The number of hydrogen-bond acceptors (Lipinski definition) is 4. The summed E-state index contributed by atoms with van der Waals surface area (Å²) in [5.41, 5.74) is 2.42. The molecule has 1 fully saturated rings. The van der Waals surface area contributed by atoms with Gasteiger partial charge in [-0.25, -0.2) is 0 Å². The average Bonchev–Trinajstić information content (AvgIpc) is 2.48. The standard InChI is InChI=1S/C15H18N2S2/c1-2-13-8-12(3-4-15(13)17-5-1)9-16-10-14-11-18-6-7-19-14/h1-5,8,14,16H,6-7,9-11H2. The molecule has 1 aliphatic rings. The van der Waals surface area contributed by atoms with E-state index in [9.17, 15) is 0 Å². The number of pyridine rings is 1. The van der Waals surface area contributed by atoms with Crippen LogP contribution in [-0.2, 0) is 6.54 Å². The van der Waals surface area contributed by atoms with Crippen LogP contribution >= 0.6 is 23.5 Å². The molecule has 19 heavy (non-hydrogen) atoms. The van der Waals surface area contributed by atoms with Gasteiger partial charge >= 0.3 is 0 Å². The zero-order valence-corrected chi connectivity index (χ0v) is 12.5. The molecule has 0 radical (unpaired) electrons. The van der Waals surface area contributed by atoms with Crippen LogP contribution in [0, 0.1) is 0 Å². The zero-order valence-electron chi connectivity index (χ0n) is 10.8. The van der Waals surface area contributed by atoms with Gasteiger partial charge in [-0.2, -0.15) is 23.5 Å². The summed E-state index contributed by atoms with van der Waals surface area (Å²) >= 11 is 4.19. The van der Waals surface area contributed by atoms with E-state index in [1.165, 1.54) is 28.2 Å². The van der Waals surface area contributed by atoms with Gasteiger partial charge < -0.3 is 5.32 Å². The van der Waals surface area contributed by atoms with Crippen LogP contribution in [0.5, 0.6) is 0 Å². The molecule has 1 atom stereocenters. The Morgan fingerprint density at radius 1 is 1.26 bits per heavy atom. The van der Waals surface area contributed by atoms with E-state index in [-0.39, 0.29) is 0 Å². The third-order valence-electron chi connectivity index (χ3n) is 3.25. The molecule has 1 unspecified atom stereocenters. The number of nitrogens with zero attached hydrogens (tertiary/aromatic N) is 1. The Morgan fingerprint density at radius 2 is 2.26 bits per heavy atom. The van der Waals surface area contributed by atoms with Crippen molar-refractivity contribution in [2.24, 2.45) is 0 Å². The molecule has 1 N–H and O–H groups in total. The third-order valence-corrected chi connectivity index (χ3v) is 6.10. The third kappa shape index (κ3) is 3.65. The van der Waals surface area contributed by atoms with Crippen LogP contribution in [0.2, 0.25) is 0 Å². The maximum atomic E-state index is 4.35. The SMILES string of the molecule is c1cnc2ccc(CNCC3CSCCS3)cc2c1. The van der Waals surface area contributed by atoms with Gasteiger partial charge in [0.15, 0.2) is 0 Å². The van der Waals surface area contributed by atoms with E-state index < -0.39 is 0 Å². The summed E-state index contributed by atoms with van der Waals surface area (Å²) in [6.07, 6.45) is 1.85. The minimum atomic E-state index is 0.779. The van der Waals surface area contributed by atoms with Crippen molar-refractivity contribution in [3.8, 4) is 0 Å². The van der Waals surface area contributed by atoms with Crippen molar-refractivity contribution < 1.29 is 0 Å². The number of hydrogen-bond donors (Lipinski definition) is 1. The summed E-state index contributed by atoms with van der Waals surface area (Å²) in [5.74, 6) is 3.91. The molecule has 4 heteroatoms. The van der Waals surface area contributed by atoms with Gasteiger partial charge in [-0.3, -0.25) is 4.98 Å². The first kappa shape index (κ1) is 13.3. The van der Waals surface area contributed by atoms with Crippen molar-refractivity contribution in [2.45, 2.75) is 11.8 Å². The predicted molar refractivity (Wildman–Crippen MR) is 87.0 cm³/mol. The first-order chi connectivity index (χ1) is 9.42. The van der Waals surface area contributed by atoms with Crippen molar-refractivity contribution in [2.75, 3.05) is 23.8 Å². The average molecular weight is 290 g/mol. The molecule has 0 amide bonds. The number of fused-ring (bicyclic) bond motifs is 1. The van der Waals surface area contributed by atoms with E-state index in [2.05, 4.69) is 58.1 Å². The number of aromatic nitrogens is 1. The van der Waals surface area contributed by atoms with Crippen LogP contribution in [0.25, 0.3) is 10.9 Å². The number of thioether (sulfide) groups is 2. The molecule has 0 saturated carbocycles. The van der Waals surface area contributed by atoms with Crippen LogP contribution in [0.3, 0.4) is 0 Å². The molecular formula is C15H18N2S2. The summed E-state index contributed by atoms with van der Waals surface area (Å²) in [6, 6.07) is 10.6. The highest BCUT2D eigenvalue weighted by Crippen LogP contribution is 2.23. The van der Waals surface area contributed by atoms with E-state index >= 15 is 0 Å².